The zero-order valence-corrected chi connectivity index (χ0v) is 17.7. The largest absolute Gasteiger partial charge is 0.481 e. The van der Waals surface area contributed by atoms with Crippen LogP contribution in [0.25, 0.3) is 10.9 Å². The highest BCUT2D eigenvalue weighted by atomic mass is 16.5. The number of rotatable bonds is 5. The molecule has 1 aliphatic heterocycles. The average molecular weight is 399 g/mol. The van der Waals surface area contributed by atoms with E-state index >= 15 is 0 Å². The maximum absolute atomic E-state index is 5.39. The van der Waals surface area contributed by atoms with Crippen molar-refractivity contribution < 1.29 is 4.74 Å². The standard InChI is InChI=1S/C27H30N2O/c1-30-25-15-14-21-12-7-13-24(26(21)28-25)20-16-18-29(19-17-20)27(23-10-5-6-11-23)22-8-3-2-4-9-22/h2-9,12-15,20,23,27H,10-11,16-19H2,1H3. The third-order valence-corrected chi connectivity index (χ3v) is 6.93. The molecule has 5 rings (SSSR count). The molecule has 154 valence electrons. The highest BCUT2D eigenvalue weighted by Gasteiger charge is 2.32. The van der Waals surface area contributed by atoms with Gasteiger partial charge in [0.05, 0.1) is 12.6 Å². The first kappa shape index (κ1) is 19.3. The van der Waals surface area contributed by atoms with Crippen LogP contribution >= 0.6 is 0 Å². The number of aromatic nitrogens is 1. The lowest BCUT2D eigenvalue weighted by Crippen LogP contribution is -2.39. The number of para-hydroxylation sites is 1. The Labute approximate surface area is 179 Å². The number of pyridine rings is 1. The minimum Gasteiger partial charge on any atom is -0.481 e. The lowest BCUT2D eigenvalue weighted by Gasteiger charge is -2.41. The summed E-state index contributed by atoms with van der Waals surface area (Å²) >= 11 is 0. The zero-order valence-electron chi connectivity index (χ0n) is 17.7. The number of piperidine rings is 1. The fourth-order valence-electron chi connectivity index (χ4n) is 5.41. The molecule has 3 aromatic rings. The van der Waals surface area contributed by atoms with Crippen LogP contribution in [0.2, 0.25) is 0 Å². The number of fused-ring (bicyclic) bond motifs is 1. The van der Waals surface area contributed by atoms with Crippen LogP contribution in [0.5, 0.6) is 5.88 Å². The molecule has 1 fully saturated rings. The number of nitrogens with zero attached hydrogens (tertiary/aromatic N) is 2. The average Bonchev–Trinajstić information content (AvgIpc) is 3.34. The van der Waals surface area contributed by atoms with Crippen molar-refractivity contribution in [3.05, 3.63) is 83.9 Å². The summed E-state index contributed by atoms with van der Waals surface area (Å²) in [6.45, 7) is 2.28. The van der Waals surface area contributed by atoms with Crippen molar-refractivity contribution in [3.63, 3.8) is 0 Å². The zero-order chi connectivity index (χ0) is 20.3. The fraction of sp³-hybridized carbons (Fsp3) is 0.370. The Morgan fingerprint density at radius 3 is 2.40 bits per heavy atom. The van der Waals surface area contributed by atoms with Crippen LogP contribution in [0.4, 0.5) is 0 Å². The van der Waals surface area contributed by atoms with Gasteiger partial charge in [-0.3, -0.25) is 4.90 Å². The van der Waals surface area contributed by atoms with Crippen LogP contribution in [0, 0.1) is 5.92 Å². The van der Waals surface area contributed by atoms with Gasteiger partial charge in [0.15, 0.2) is 0 Å². The SMILES string of the molecule is COc1ccc2cccc(C3CCN(C(c4ccccc4)C4CC=CC4)CC3)c2n1. The van der Waals surface area contributed by atoms with Gasteiger partial charge in [-0.05, 0) is 67.8 Å². The molecule has 0 amide bonds. The van der Waals surface area contributed by atoms with E-state index in [0.29, 0.717) is 23.8 Å². The highest BCUT2D eigenvalue weighted by molar-refractivity contribution is 5.82. The molecule has 1 aromatic heterocycles. The summed E-state index contributed by atoms with van der Waals surface area (Å²) in [5, 5.41) is 1.20. The molecule has 1 aliphatic carbocycles. The first-order chi connectivity index (χ1) is 14.8. The predicted octanol–water partition coefficient (Wildman–Crippen LogP) is 6.13. The van der Waals surface area contributed by atoms with E-state index in [0.717, 1.165) is 18.6 Å². The Balaban J connectivity index is 1.37. The molecule has 0 bridgehead atoms. The third kappa shape index (κ3) is 3.75. The van der Waals surface area contributed by atoms with E-state index in [1.54, 1.807) is 7.11 Å². The molecule has 1 atom stereocenters. The van der Waals surface area contributed by atoms with Crippen LogP contribution in [0.15, 0.2) is 72.8 Å². The number of hydrogen-bond donors (Lipinski definition) is 0. The Kier molecular flexibility index (Phi) is 5.54. The van der Waals surface area contributed by atoms with Crippen molar-refractivity contribution in [2.24, 2.45) is 5.92 Å². The fourth-order valence-corrected chi connectivity index (χ4v) is 5.41. The first-order valence-electron chi connectivity index (χ1n) is 11.2. The molecular weight excluding hydrogens is 368 g/mol. The summed E-state index contributed by atoms with van der Waals surface area (Å²) in [6, 6.07) is 22.3. The lowest BCUT2D eigenvalue weighted by atomic mass is 9.84. The molecular formula is C27H30N2O. The molecule has 2 aliphatic rings. The second-order valence-corrected chi connectivity index (χ2v) is 8.64. The summed E-state index contributed by atoms with van der Waals surface area (Å²) in [6.07, 6.45) is 9.49. The van der Waals surface area contributed by atoms with Crippen LogP contribution in [-0.2, 0) is 0 Å². The Hall–Kier alpha value is -2.65. The Morgan fingerprint density at radius 1 is 0.900 bits per heavy atom. The summed E-state index contributed by atoms with van der Waals surface area (Å²) in [5.74, 6) is 1.96. The molecule has 0 radical (unpaired) electrons. The molecule has 0 saturated carbocycles. The van der Waals surface area contributed by atoms with Crippen molar-refractivity contribution in [1.82, 2.24) is 9.88 Å². The molecule has 3 nitrogen and oxygen atoms in total. The molecule has 0 spiro atoms. The molecule has 1 unspecified atom stereocenters. The van der Waals surface area contributed by atoms with Crippen molar-refractivity contribution >= 4 is 10.9 Å². The minimum atomic E-state index is 0.521. The number of allylic oxidation sites excluding steroid dienone is 2. The molecule has 0 N–H and O–H groups in total. The topological polar surface area (TPSA) is 25.4 Å². The van der Waals surface area contributed by atoms with E-state index < -0.39 is 0 Å². The first-order valence-corrected chi connectivity index (χ1v) is 11.2. The quantitative estimate of drug-likeness (QED) is 0.483. The summed E-state index contributed by atoms with van der Waals surface area (Å²) in [5.41, 5.74) is 3.96. The van der Waals surface area contributed by atoms with Gasteiger partial charge < -0.3 is 4.74 Å². The number of hydrogen-bond acceptors (Lipinski definition) is 3. The normalized spacial score (nSPS) is 19.4. The van der Waals surface area contributed by atoms with Crippen molar-refractivity contribution in [3.8, 4) is 5.88 Å². The van der Waals surface area contributed by atoms with Gasteiger partial charge in [-0.2, -0.15) is 0 Å². The van der Waals surface area contributed by atoms with Gasteiger partial charge >= 0.3 is 0 Å². The van der Waals surface area contributed by atoms with Gasteiger partial charge in [0.25, 0.3) is 0 Å². The second-order valence-electron chi connectivity index (χ2n) is 8.64. The summed E-state index contributed by atoms with van der Waals surface area (Å²) in [7, 11) is 1.69. The smallest absolute Gasteiger partial charge is 0.213 e. The lowest BCUT2D eigenvalue weighted by molar-refractivity contribution is 0.111. The number of benzene rings is 2. The van der Waals surface area contributed by atoms with Gasteiger partial charge in [-0.25, -0.2) is 4.98 Å². The van der Waals surface area contributed by atoms with Crippen LogP contribution in [0.3, 0.4) is 0 Å². The van der Waals surface area contributed by atoms with Crippen molar-refractivity contribution in [2.45, 2.75) is 37.6 Å². The Bertz CT molecular complexity index is 1010. The predicted molar refractivity (Wildman–Crippen MR) is 123 cm³/mol. The van der Waals surface area contributed by atoms with Crippen LogP contribution < -0.4 is 4.74 Å². The van der Waals surface area contributed by atoms with Gasteiger partial charge in [0.1, 0.15) is 0 Å². The van der Waals surface area contributed by atoms with E-state index in [9.17, 15) is 0 Å². The third-order valence-electron chi connectivity index (χ3n) is 6.93. The van der Waals surface area contributed by atoms with E-state index in [-0.39, 0.29) is 0 Å². The molecule has 2 heterocycles. The maximum Gasteiger partial charge on any atom is 0.213 e. The molecule has 30 heavy (non-hydrogen) atoms. The van der Waals surface area contributed by atoms with Gasteiger partial charge in [-0.1, -0.05) is 60.7 Å². The van der Waals surface area contributed by atoms with Crippen LogP contribution in [0.1, 0.15) is 48.8 Å². The van der Waals surface area contributed by atoms with Gasteiger partial charge in [0.2, 0.25) is 5.88 Å². The molecule has 3 heteroatoms. The number of methoxy groups -OCH3 is 1. The highest BCUT2D eigenvalue weighted by Crippen LogP contribution is 2.41. The van der Waals surface area contributed by atoms with Crippen molar-refractivity contribution in [1.29, 1.82) is 0 Å². The van der Waals surface area contributed by atoms with E-state index in [4.69, 9.17) is 9.72 Å². The number of likely N-dealkylation sites (tertiary alicyclic amines) is 1. The number of ether oxygens (including phenoxy) is 1. The van der Waals surface area contributed by atoms with E-state index in [2.05, 4.69) is 71.6 Å². The summed E-state index contributed by atoms with van der Waals surface area (Å²) in [4.78, 5) is 7.53. The summed E-state index contributed by atoms with van der Waals surface area (Å²) < 4.78 is 5.39. The maximum atomic E-state index is 5.39. The van der Waals surface area contributed by atoms with Crippen molar-refractivity contribution in [2.75, 3.05) is 20.2 Å². The molecule has 2 aromatic carbocycles. The van der Waals surface area contributed by atoms with Crippen LogP contribution in [-0.4, -0.2) is 30.1 Å². The molecule has 1 saturated heterocycles. The monoisotopic (exact) mass is 398 g/mol. The second kappa shape index (κ2) is 8.61. The van der Waals surface area contributed by atoms with Gasteiger partial charge in [0, 0.05) is 17.5 Å². The Morgan fingerprint density at radius 2 is 1.67 bits per heavy atom. The van der Waals surface area contributed by atoms with E-state index in [1.807, 2.05) is 6.07 Å². The van der Waals surface area contributed by atoms with E-state index in [1.165, 1.54) is 42.2 Å². The minimum absolute atomic E-state index is 0.521. The van der Waals surface area contributed by atoms with Gasteiger partial charge in [-0.15, -0.1) is 0 Å².